The Balaban J connectivity index is 2.74. The molecule has 1 aromatic rings. The molecule has 1 atom stereocenters. The average Bonchev–Trinajstić information content (AvgIpc) is 2.97. The molecule has 1 amide bonds. The second-order valence-corrected chi connectivity index (χ2v) is 8.44. The minimum atomic E-state index is -0.462. The van der Waals surface area contributed by atoms with Crippen LogP contribution in [0, 0.1) is 11.3 Å². The highest BCUT2D eigenvalue weighted by Gasteiger charge is 2.22. The maximum Gasteiger partial charge on any atom is 0.357 e. The van der Waals surface area contributed by atoms with Gasteiger partial charge in [-0.15, -0.1) is 11.3 Å². The zero-order chi connectivity index (χ0) is 19.0. The summed E-state index contributed by atoms with van der Waals surface area (Å²) in [7, 11) is 2.94. The third kappa shape index (κ3) is 7.96. The highest BCUT2D eigenvalue weighted by molar-refractivity contribution is 7.09. The van der Waals surface area contributed by atoms with Crippen LogP contribution in [0.15, 0.2) is 5.38 Å². The van der Waals surface area contributed by atoms with Crippen molar-refractivity contribution >= 4 is 23.2 Å². The van der Waals surface area contributed by atoms with Gasteiger partial charge in [0.15, 0.2) is 5.69 Å². The summed E-state index contributed by atoms with van der Waals surface area (Å²) in [5.41, 5.74) is 0.477. The first-order chi connectivity index (χ1) is 11.7. The van der Waals surface area contributed by atoms with Crippen LogP contribution < -0.4 is 0 Å². The second-order valence-electron chi connectivity index (χ2n) is 7.50. The van der Waals surface area contributed by atoms with Crippen LogP contribution in [-0.2, 0) is 20.8 Å². The number of thiazole rings is 1. The molecule has 142 valence electrons. The SMILES string of the molecule is COCCN(Cc1nc(C(=O)OC)cs1)C(=O)CC(C)CC(C)(C)C. The van der Waals surface area contributed by atoms with Gasteiger partial charge in [-0.05, 0) is 17.8 Å². The quantitative estimate of drug-likeness (QED) is 0.624. The second kappa shape index (κ2) is 9.87. The Hall–Kier alpha value is -1.47. The predicted octanol–water partition coefficient (Wildman–Crippen LogP) is 3.37. The minimum Gasteiger partial charge on any atom is -0.464 e. The van der Waals surface area contributed by atoms with Crippen molar-refractivity contribution in [1.82, 2.24) is 9.88 Å². The van der Waals surface area contributed by atoms with Crippen molar-refractivity contribution in [2.75, 3.05) is 27.4 Å². The van der Waals surface area contributed by atoms with Gasteiger partial charge in [-0.25, -0.2) is 9.78 Å². The molecule has 0 spiro atoms. The Kier molecular flexibility index (Phi) is 8.52. The molecular weight excluding hydrogens is 340 g/mol. The molecule has 7 heteroatoms. The number of ether oxygens (including phenoxy) is 2. The van der Waals surface area contributed by atoms with Crippen LogP contribution in [0.1, 0.15) is 56.0 Å². The van der Waals surface area contributed by atoms with Crippen molar-refractivity contribution in [3.05, 3.63) is 16.1 Å². The number of rotatable bonds is 9. The van der Waals surface area contributed by atoms with E-state index in [9.17, 15) is 9.59 Å². The molecule has 0 aliphatic rings. The molecule has 0 saturated heterocycles. The van der Waals surface area contributed by atoms with Crippen LogP contribution in [-0.4, -0.2) is 49.1 Å². The predicted molar refractivity (Wildman–Crippen MR) is 98.6 cm³/mol. The van der Waals surface area contributed by atoms with Gasteiger partial charge >= 0.3 is 5.97 Å². The molecule has 25 heavy (non-hydrogen) atoms. The van der Waals surface area contributed by atoms with E-state index in [4.69, 9.17) is 4.74 Å². The molecule has 6 nitrogen and oxygen atoms in total. The van der Waals surface area contributed by atoms with Crippen molar-refractivity contribution in [3.63, 3.8) is 0 Å². The third-order valence-corrected chi connectivity index (χ3v) is 4.51. The molecule has 0 saturated carbocycles. The summed E-state index contributed by atoms with van der Waals surface area (Å²) in [6.45, 7) is 10.0. The van der Waals surface area contributed by atoms with E-state index in [1.807, 2.05) is 0 Å². The van der Waals surface area contributed by atoms with E-state index in [0.717, 1.165) is 6.42 Å². The van der Waals surface area contributed by atoms with Crippen LogP contribution in [0.4, 0.5) is 0 Å². The minimum absolute atomic E-state index is 0.0867. The Labute approximate surface area is 154 Å². The van der Waals surface area contributed by atoms with Gasteiger partial charge in [-0.3, -0.25) is 4.79 Å². The van der Waals surface area contributed by atoms with E-state index in [0.29, 0.717) is 37.0 Å². The molecule has 0 aliphatic heterocycles. The summed E-state index contributed by atoms with van der Waals surface area (Å²) in [6, 6.07) is 0. The number of aromatic nitrogens is 1. The number of hydrogen-bond donors (Lipinski definition) is 0. The zero-order valence-electron chi connectivity index (χ0n) is 16.1. The average molecular weight is 371 g/mol. The van der Waals surface area contributed by atoms with E-state index >= 15 is 0 Å². The van der Waals surface area contributed by atoms with E-state index in [-0.39, 0.29) is 17.0 Å². The lowest BCUT2D eigenvalue weighted by Gasteiger charge is -2.26. The number of carbonyl (C=O) groups excluding carboxylic acids is 2. The maximum absolute atomic E-state index is 12.7. The molecule has 0 fully saturated rings. The van der Waals surface area contributed by atoms with E-state index in [1.54, 1.807) is 17.4 Å². The van der Waals surface area contributed by atoms with Crippen LogP contribution in [0.5, 0.6) is 0 Å². The van der Waals surface area contributed by atoms with Crippen molar-refractivity contribution in [2.24, 2.45) is 11.3 Å². The molecule has 0 aliphatic carbocycles. The molecule has 1 rings (SSSR count). The summed E-state index contributed by atoms with van der Waals surface area (Å²) in [6.07, 6.45) is 1.48. The zero-order valence-corrected chi connectivity index (χ0v) is 16.9. The molecule has 1 aromatic heterocycles. The fourth-order valence-electron chi connectivity index (χ4n) is 2.78. The first kappa shape index (κ1) is 21.6. The topological polar surface area (TPSA) is 68.7 Å². The monoisotopic (exact) mass is 370 g/mol. The van der Waals surface area contributed by atoms with E-state index < -0.39 is 5.97 Å². The number of hydrogen-bond acceptors (Lipinski definition) is 6. The largest absolute Gasteiger partial charge is 0.464 e. The smallest absolute Gasteiger partial charge is 0.357 e. The molecule has 1 unspecified atom stereocenters. The van der Waals surface area contributed by atoms with Gasteiger partial charge in [0.1, 0.15) is 5.01 Å². The third-order valence-electron chi connectivity index (χ3n) is 3.67. The van der Waals surface area contributed by atoms with Gasteiger partial charge in [0, 0.05) is 25.5 Å². The lowest BCUT2D eigenvalue weighted by Crippen LogP contribution is -2.34. The molecule has 0 N–H and O–H groups in total. The first-order valence-corrected chi connectivity index (χ1v) is 9.33. The fourth-order valence-corrected chi connectivity index (χ4v) is 3.56. The van der Waals surface area contributed by atoms with Crippen LogP contribution >= 0.6 is 11.3 Å². The molecule has 1 heterocycles. The lowest BCUT2D eigenvalue weighted by molar-refractivity contribution is -0.133. The Bertz CT molecular complexity index is 566. The summed E-state index contributed by atoms with van der Waals surface area (Å²) in [4.78, 5) is 30.2. The Morgan fingerprint density at radius 1 is 1.32 bits per heavy atom. The van der Waals surface area contributed by atoms with Gasteiger partial charge in [-0.1, -0.05) is 27.7 Å². The summed E-state index contributed by atoms with van der Waals surface area (Å²) >= 11 is 1.35. The maximum atomic E-state index is 12.7. The van der Waals surface area contributed by atoms with Gasteiger partial charge in [0.05, 0.1) is 20.3 Å². The standard InChI is InChI=1S/C18H30N2O4S/c1-13(10-18(2,3)4)9-16(21)20(7-8-23-5)11-15-19-14(12-25-15)17(22)24-6/h12-13H,7-11H2,1-6H3. The number of methoxy groups -OCH3 is 2. The molecule has 0 radical (unpaired) electrons. The van der Waals surface area contributed by atoms with Crippen molar-refractivity contribution < 1.29 is 19.1 Å². The van der Waals surface area contributed by atoms with Crippen LogP contribution in [0.3, 0.4) is 0 Å². The highest BCUT2D eigenvalue weighted by Crippen LogP contribution is 2.26. The normalized spacial score (nSPS) is 12.7. The highest BCUT2D eigenvalue weighted by atomic mass is 32.1. The fraction of sp³-hybridized carbons (Fsp3) is 0.722. The van der Waals surface area contributed by atoms with Crippen molar-refractivity contribution in [3.8, 4) is 0 Å². The van der Waals surface area contributed by atoms with Gasteiger partial charge in [0.25, 0.3) is 0 Å². The Morgan fingerprint density at radius 2 is 2.00 bits per heavy atom. The number of amides is 1. The van der Waals surface area contributed by atoms with Crippen molar-refractivity contribution in [2.45, 2.75) is 47.1 Å². The Morgan fingerprint density at radius 3 is 2.56 bits per heavy atom. The van der Waals surface area contributed by atoms with Crippen LogP contribution in [0.2, 0.25) is 0 Å². The number of nitrogens with zero attached hydrogens (tertiary/aromatic N) is 2. The van der Waals surface area contributed by atoms with Gasteiger partial charge in [0.2, 0.25) is 5.91 Å². The molecular formula is C18H30N2O4S. The van der Waals surface area contributed by atoms with Gasteiger partial charge < -0.3 is 14.4 Å². The van der Waals surface area contributed by atoms with Gasteiger partial charge in [-0.2, -0.15) is 0 Å². The number of esters is 1. The summed E-state index contributed by atoms with van der Waals surface area (Å²) < 4.78 is 9.79. The summed E-state index contributed by atoms with van der Waals surface area (Å²) in [5, 5.41) is 2.37. The lowest BCUT2D eigenvalue weighted by atomic mass is 9.84. The number of carbonyl (C=O) groups is 2. The van der Waals surface area contributed by atoms with E-state index in [2.05, 4.69) is 37.4 Å². The van der Waals surface area contributed by atoms with E-state index in [1.165, 1.54) is 18.4 Å². The molecule has 0 aromatic carbocycles. The first-order valence-electron chi connectivity index (χ1n) is 8.45. The summed E-state index contributed by atoms with van der Waals surface area (Å²) in [5.74, 6) is -0.0702. The van der Waals surface area contributed by atoms with Crippen molar-refractivity contribution in [1.29, 1.82) is 0 Å². The van der Waals surface area contributed by atoms with Crippen LogP contribution in [0.25, 0.3) is 0 Å². The molecule has 0 bridgehead atoms.